The Morgan fingerprint density at radius 3 is 1.73 bits per heavy atom. The fourth-order valence-corrected chi connectivity index (χ4v) is 8.54. The Balaban J connectivity index is 0.000000175. The van der Waals surface area contributed by atoms with Gasteiger partial charge < -0.3 is 0 Å². The van der Waals surface area contributed by atoms with Gasteiger partial charge in [-0.1, -0.05) is 69.1 Å². The fourth-order valence-electron chi connectivity index (χ4n) is 8.54. The van der Waals surface area contributed by atoms with Crippen LogP contribution >= 0.6 is 0 Å². The summed E-state index contributed by atoms with van der Waals surface area (Å²) < 4.78 is 54.0. The molecule has 6 rings (SSSR count). The number of nitrogens with zero attached hydrogens (tertiary/aromatic N) is 2. The van der Waals surface area contributed by atoms with Crippen LogP contribution in [-0.4, -0.2) is 21.8 Å². The van der Waals surface area contributed by atoms with Crippen LogP contribution in [0.3, 0.4) is 0 Å². The third-order valence-electron chi connectivity index (χ3n) is 11.1. The number of aromatic nitrogens is 2. The SMILES string of the molecule is FC1(F)CCC(C(=Cc2ccccn2)C2CCCCC2)CC1.FC1(F)CCC(C(Cc2ccccn2)C2CCCCC2)CC1. The molecule has 2 heterocycles. The highest BCUT2D eigenvalue weighted by molar-refractivity contribution is 5.50. The van der Waals surface area contributed by atoms with Crippen LogP contribution in [0.4, 0.5) is 17.6 Å². The Kier molecular flexibility index (Phi) is 11.9. The summed E-state index contributed by atoms with van der Waals surface area (Å²) in [6, 6.07) is 12.0. The fraction of sp³-hybridized carbons (Fsp3) is 0.684. The third-order valence-corrected chi connectivity index (χ3v) is 11.1. The average Bonchev–Trinajstić information content (AvgIpc) is 3.05. The van der Waals surface area contributed by atoms with E-state index < -0.39 is 11.8 Å². The Morgan fingerprint density at radius 2 is 1.16 bits per heavy atom. The molecule has 1 unspecified atom stereocenters. The smallest absolute Gasteiger partial charge is 0.248 e. The van der Waals surface area contributed by atoms with Gasteiger partial charge in [-0.25, -0.2) is 17.6 Å². The lowest BCUT2D eigenvalue weighted by Crippen LogP contribution is -2.33. The van der Waals surface area contributed by atoms with Crippen molar-refractivity contribution >= 4 is 6.08 Å². The lowest BCUT2D eigenvalue weighted by molar-refractivity contribution is -0.0570. The number of hydrogen-bond donors (Lipinski definition) is 0. The van der Waals surface area contributed by atoms with Gasteiger partial charge in [-0.3, -0.25) is 9.97 Å². The van der Waals surface area contributed by atoms with Crippen molar-refractivity contribution in [3.05, 3.63) is 65.8 Å². The Bertz CT molecular complexity index is 1120. The average molecular weight is 613 g/mol. The molecule has 2 nitrogen and oxygen atoms in total. The highest BCUT2D eigenvalue weighted by Crippen LogP contribution is 2.46. The third kappa shape index (κ3) is 9.88. The van der Waals surface area contributed by atoms with Crippen molar-refractivity contribution in [1.29, 1.82) is 0 Å². The lowest BCUT2D eigenvalue weighted by Gasteiger charge is -2.39. The van der Waals surface area contributed by atoms with Crippen LogP contribution in [0.15, 0.2) is 54.4 Å². The molecule has 0 N–H and O–H groups in total. The molecule has 242 valence electrons. The molecule has 0 saturated heterocycles. The molecule has 0 bridgehead atoms. The van der Waals surface area contributed by atoms with Gasteiger partial charge in [-0.2, -0.15) is 0 Å². The number of allylic oxidation sites excluding steroid dienone is 1. The van der Waals surface area contributed by atoms with Crippen LogP contribution in [0.1, 0.15) is 127 Å². The number of hydrogen-bond acceptors (Lipinski definition) is 2. The molecule has 0 aliphatic heterocycles. The van der Waals surface area contributed by atoms with Gasteiger partial charge in [0.2, 0.25) is 11.8 Å². The first-order valence-corrected chi connectivity index (χ1v) is 17.6. The van der Waals surface area contributed by atoms with E-state index in [0.717, 1.165) is 17.8 Å². The van der Waals surface area contributed by atoms with Gasteiger partial charge in [0.15, 0.2) is 0 Å². The number of pyridine rings is 2. The van der Waals surface area contributed by atoms with Crippen molar-refractivity contribution in [2.45, 2.75) is 134 Å². The molecule has 0 amide bonds. The van der Waals surface area contributed by atoms with Crippen LogP contribution in [0, 0.1) is 29.6 Å². The van der Waals surface area contributed by atoms with E-state index in [1.54, 1.807) is 6.20 Å². The predicted octanol–water partition coefficient (Wildman–Crippen LogP) is 11.5. The minimum atomic E-state index is -2.45. The van der Waals surface area contributed by atoms with E-state index in [1.165, 1.54) is 69.8 Å². The van der Waals surface area contributed by atoms with Crippen LogP contribution in [0.25, 0.3) is 6.08 Å². The normalized spacial score (nSPS) is 24.7. The zero-order chi connectivity index (χ0) is 30.8. The van der Waals surface area contributed by atoms with Crippen molar-refractivity contribution in [1.82, 2.24) is 9.97 Å². The summed E-state index contributed by atoms with van der Waals surface area (Å²) in [6.07, 6.45) is 22.6. The van der Waals surface area contributed by atoms with Crippen molar-refractivity contribution in [3.63, 3.8) is 0 Å². The number of alkyl halides is 4. The molecule has 4 saturated carbocycles. The van der Waals surface area contributed by atoms with Gasteiger partial charge in [0.25, 0.3) is 0 Å². The van der Waals surface area contributed by atoms with E-state index in [0.29, 0.717) is 55.3 Å². The zero-order valence-corrected chi connectivity index (χ0v) is 26.4. The predicted molar refractivity (Wildman–Crippen MR) is 171 cm³/mol. The van der Waals surface area contributed by atoms with E-state index >= 15 is 0 Å². The second kappa shape index (κ2) is 15.9. The van der Waals surface area contributed by atoms with Crippen LogP contribution in [0.2, 0.25) is 0 Å². The van der Waals surface area contributed by atoms with Crippen LogP contribution in [-0.2, 0) is 6.42 Å². The van der Waals surface area contributed by atoms with E-state index in [4.69, 9.17) is 0 Å². The van der Waals surface area contributed by atoms with Gasteiger partial charge in [0, 0.05) is 43.8 Å². The molecular formula is C38H52F4N2. The first-order chi connectivity index (χ1) is 21.3. The monoisotopic (exact) mass is 612 g/mol. The largest absolute Gasteiger partial charge is 0.261 e. The topological polar surface area (TPSA) is 25.8 Å². The summed E-state index contributed by atoms with van der Waals surface area (Å²) in [7, 11) is 0. The molecule has 4 fully saturated rings. The van der Waals surface area contributed by atoms with Gasteiger partial charge in [0.05, 0.1) is 5.69 Å². The first-order valence-electron chi connectivity index (χ1n) is 17.6. The van der Waals surface area contributed by atoms with Crippen molar-refractivity contribution in [3.8, 4) is 0 Å². The highest BCUT2D eigenvalue weighted by Gasteiger charge is 2.40. The Hall–Kier alpha value is -2.24. The maximum Gasteiger partial charge on any atom is 0.248 e. The van der Waals surface area contributed by atoms with E-state index in [9.17, 15) is 17.6 Å². The van der Waals surface area contributed by atoms with Crippen molar-refractivity contribution < 1.29 is 17.6 Å². The molecular weight excluding hydrogens is 560 g/mol. The minimum absolute atomic E-state index is 0.0456. The summed E-state index contributed by atoms with van der Waals surface area (Å²) in [5.41, 5.74) is 3.50. The summed E-state index contributed by atoms with van der Waals surface area (Å²) in [5.74, 6) is -2.24. The second-order valence-corrected chi connectivity index (χ2v) is 14.1. The lowest BCUT2D eigenvalue weighted by atomic mass is 9.67. The molecule has 0 aromatic carbocycles. The molecule has 4 aliphatic rings. The van der Waals surface area contributed by atoms with Crippen LogP contribution < -0.4 is 0 Å². The van der Waals surface area contributed by atoms with Gasteiger partial charge >= 0.3 is 0 Å². The maximum absolute atomic E-state index is 13.5. The number of halogens is 4. The number of rotatable bonds is 7. The van der Waals surface area contributed by atoms with Crippen molar-refractivity contribution in [2.75, 3.05) is 0 Å². The molecule has 0 spiro atoms. The quantitative estimate of drug-likeness (QED) is 0.291. The summed E-state index contributed by atoms with van der Waals surface area (Å²) >= 11 is 0. The van der Waals surface area contributed by atoms with Gasteiger partial charge in [-0.05, 0) is 105 Å². The maximum atomic E-state index is 13.5. The molecule has 1 atom stereocenters. The van der Waals surface area contributed by atoms with E-state index in [-0.39, 0.29) is 25.7 Å². The second-order valence-electron chi connectivity index (χ2n) is 14.1. The molecule has 2 aromatic rings. The molecule has 44 heavy (non-hydrogen) atoms. The van der Waals surface area contributed by atoms with E-state index in [2.05, 4.69) is 22.1 Å². The zero-order valence-electron chi connectivity index (χ0n) is 26.4. The van der Waals surface area contributed by atoms with Crippen molar-refractivity contribution in [2.24, 2.45) is 29.6 Å². The summed E-state index contributed by atoms with van der Waals surface area (Å²) in [6.45, 7) is 0. The Morgan fingerprint density at radius 1 is 0.636 bits per heavy atom. The minimum Gasteiger partial charge on any atom is -0.261 e. The van der Waals surface area contributed by atoms with Gasteiger partial charge in [-0.15, -0.1) is 0 Å². The standard InChI is InChI=1S/C19H27F2N.C19H25F2N/c2*20-19(21)11-9-16(10-12-19)18(15-6-2-1-3-7-15)14-17-8-4-5-13-22-17/h4-5,8,13,15-16,18H,1-3,6-7,9-12,14H2;4-5,8,13-16H,1-3,6-7,9-12H2. The molecule has 2 aromatic heterocycles. The van der Waals surface area contributed by atoms with Gasteiger partial charge in [0.1, 0.15) is 0 Å². The highest BCUT2D eigenvalue weighted by atomic mass is 19.3. The molecule has 4 aliphatic carbocycles. The first kappa shape index (κ1) is 33.1. The van der Waals surface area contributed by atoms with Crippen LogP contribution in [0.5, 0.6) is 0 Å². The molecule has 6 heteroatoms. The molecule has 0 radical (unpaired) electrons. The van der Waals surface area contributed by atoms with E-state index in [1.807, 2.05) is 36.5 Å². The summed E-state index contributed by atoms with van der Waals surface area (Å²) in [4.78, 5) is 8.90. The Labute approximate surface area is 262 Å². The summed E-state index contributed by atoms with van der Waals surface area (Å²) in [5, 5.41) is 0.